The highest BCUT2D eigenvalue weighted by Crippen LogP contribution is 2.39. The first-order valence-corrected chi connectivity index (χ1v) is 7.05. The maximum absolute atomic E-state index is 12.0. The molecule has 20 heavy (non-hydrogen) atoms. The molecule has 1 amide bonds. The van der Waals surface area contributed by atoms with Crippen LogP contribution >= 0.6 is 0 Å². The summed E-state index contributed by atoms with van der Waals surface area (Å²) >= 11 is 0. The highest BCUT2D eigenvalue weighted by atomic mass is 16.5. The van der Waals surface area contributed by atoms with Crippen molar-refractivity contribution in [1.82, 2.24) is 10.2 Å². The Bertz CT molecular complexity index is 401. The summed E-state index contributed by atoms with van der Waals surface area (Å²) in [4.78, 5) is 25.1. The van der Waals surface area contributed by atoms with Gasteiger partial charge in [-0.3, -0.25) is 14.5 Å². The number of nitrogens with zero attached hydrogens (tertiary/aromatic N) is 2. The lowest BCUT2D eigenvalue weighted by atomic mass is 9.98. The summed E-state index contributed by atoms with van der Waals surface area (Å²) in [6.45, 7) is 6.45. The number of carbonyl (C=O) groups is 2. The van der Waals surface area contributed by atoms with Gasteiger partial charge in [0.25, 0.3) is 0 Å². The second-order valence-electron chi connectivity index (χ2n) is 5.24. The molecule has 6 nitrogen and oxygen atoms in total. The van der Waals surface area contributed by atoms with Gasteiger partial charge >= 0.3 is 5.97 Å². The molecule has 0 aliphatic heterocycles. The Labute approximate surface area is 120 Å². The molecule has 1 aliphatic rings. The molecule has 1 fully saturated rings. The molecule has 112 valence electrons. The zero-order valence-electron chi connectivity index (χ0n) is 12.4. The molecule has 0 radical (unpaired) electrons. The van der Waals surface area contributed by atoms with Crippen molar-refractivity contribution < 1.29 is 14.3 Å². The van der Waals surface area contributed by atoms with E-state index in [0.717, 1.165) is 12.8 Å². The molecule has 0 aromatic carbocycles. The summed E-state index contributed by atoms with van der Waals surface area (Å²) in [5, 5.41) is 12.0. The SMILES string of the molecule is CCOC(=O)CN(CC)CC(=O)NC(C)(C#N)C1CC1. The minimum atomic E-state index is -0.791. The second kappa shape index (κ2) is 7.25. The summed E-state index contributed by atoms with van der Waals surface area (Å²) in [5.74, 6) is -0.323. The van der Waals surface area contributed by atoms with Gasteiger partial charge in [0.1, 0.15) is 5.54 Å². The van der Waals surface area contributed by atoms with Gasteiger partial charge in [-0.2, -0.15) is 5.26 Å². The van der Waals surface area contributed by atoms with Crippen LogP contribution in [-0.4, -0.2) is 48.6 Å². The summed E-state index contributed by atoms with van der Waals surface area (Å²) in [6, 6.07) is 2.18. The standard InChI is InChI=1S/C14H23N3O3/c1-4-17(9-13(19)20-5-2)8-12(18)16-14(3,10-15)11-6-7-11/h11H,4-9H2,1-3H3,(H,16,18). The number of esters is 1. The zero-order chi connectivity index (χ0) is 15.2. The lowest BCUT2D eigenvalue weighted by Crippen LogP contribution is -2.50. The Morgan fingerprint density at radius 1 is 1.40 bits per heavy atom. The predicted molar refractivity (Wildman–Crippen MR) is 73.6 cm³/mol. The highest BCUT2D eigenvalue weighted by Gasteiger charge is 2.43. The van der Waals surface area contributed by atoms with Crippen LogP contribution in [0.15, 0.2) is 0 Å². The third-order valence-electron chi connectivity index (χ3n) is 3.50. The van der Waals surface area contributed by atoms with Crippen LogP contribution < -0.4 is 5.32 Å². The summed E-state index contributed by atoms with van der Waals surface area (Å²) in [5.41, 5.74) is -0.791. The molecule has 0 heterocycles. The molecular formula is C14H23N3O3. The van der Waals surface area contributed by atoms with E-state index in [1.165, 1.54) is 0 Å². The van der Waals surface area contributed by atoms with Crippen molar-refractivity contribution in [3.05, 3.63) is 0 Å². The molecule has 1 aliphatic carbocycles. The number of ether oxygens (including phenoxy) is 1. The smallest absolute Gasteiger partial charge is 0.320 e. The Morgan fingerprint density at radius 2 is 2.05 bits per heavy atom. The first-order chi connectivity index (χ1) is 9.45. The lowest BCUT2D eigenvalue weighted by Gasteiger charge is -2.25. The van der Waals surface area contributed by atoms with Gasteiger partial charge < -0.3 is 10.1 Å². The van der Waals surface area contributed by atoms with Crippen molar-refractivity contribution in [1.29, 1.82) is 5.26 Å². The highest BCUT2D eigenvalue weighted by molar-refractivity contribution is 5.80. The van der Waals surface area contributed by atoms with E-state index < -0.39 is 5.54 Å². The fourth-order valence-corrected chi connectivity index (χ4v) is 2.08. The number of nitriles is 1. The third-order valence-corrected chi connectivity index (χ3v) is 3.50. The van der Waals surface area contributed by atoms with E-state index >= 15 is 0 Å². The van der Waals surface area contributed by atoms with Crippen molar-refractivity contribution in [2.75, 3.05) is 26.2 Å². The summed E-state index contributed by atoms with van der Waals surface area (Å²) < 4.78 is 4.86. The van der Waals surface area contributed by atoms with E-state index in [2.05, 4.69) is 11.4 Å². The molecule has 0 aromatic heterocycles. The van der Waals surface area contributed by atoms with Crippen molar-refractivity contribution in [3.8, 4) is 6.07 Å². The lowest BCUT2D eigenvalue weighted by molar-refractivity contribution is -0.144. The minimum Gasteiger partial charge on any atom is -0.465 e. The fourth-order valence-electron chi connectivity index (χ4n) is 2.08. The average Bonchev–Trinajstić information content (AvgIpc) is 3.22. The van der Waals surface area contributed by atoms with E-state index in [-0.39, 0.29) is 30.9 Å². The monoisotopic (exact) mass is 281 g/mol. The molecule has 1 unspecified atom stereocenters. The summed E-state index contributed by atoms with van der Waals surface area (Å²) in [7, 11) is 0. The molecule has 0 saturated heterocycles. The molecule has 0 aromatic rings. The Hall–Kier alpha value is -1.61. The first kappa shape index (κ1) is 16.4. The van der Waals surface area contributed by atoms with Gasteiger partial charge in [-0.25, -0.2) is 0 Å². The van der Waals surface area contributed by atoms with Crippen molar-refractivity contribution in [3.63, 3.8) is 0 Å². The average molecular weight is 281 g/mol. The van der Waals surface area contributed by atoms with Crippen molar-refractivity contribution in [2.24, 2.45) is 5.92 Å². The summed E-state index contributed by atoms with van der Waals surface area (Å²) in [6.07, 6.45) is 1.95. The number of carbonyl (C=O) groups excluding carboxylic acids is 2. The maximum Gasteiger partial charge on any atom is 0.320 e. The zero-order valence-corrected chi connectivity index (χ0v) is 12.4. The van der Waals surface area contributed by atoms with Crippen LogP contribution in [0.3, 0.4) is 0 Å². The van der Waals surface area contributed by atoms with Crippen LogP contribution in [0.1, 0.15) is 33.6 Å². The Balaban J connectivity index is 2.46. The Kier molecular flexibility index (Phi) is 5.96. The van der Waals surface area contributed by atoms with Gasteiger partial charge in [-0.05, 0) is 39.2 Å². The molecule has 1 N–H and O–H groups in total. The van der Waals surface area contributed by atoms with Crippen LogP contribution in [0.4, 0.5) is 0 Å². The number of hydrogen-bond donors (Lipinski definition) is 1. The van der Waals surface area contributed by atoms with Gasteiger partial charge in [0, 0.05) is 0 Å². The van der Waals surface area contributed by atoms with Crippen LogP contribution in [0.2, 0.25) is 0 Å². The third kappa shape index (κ3) is 4.82. The van der Waals surface area contributed by atoms with Crippen LogP contribution in [0.5, 0.6) is 0 Å². The Morgan fingerprint density at radius 3 is 2.50 bits per heavy atom. The normalized spacial score (nSPS) is 17.1. The molecule has 6 heteroatoms. The molecule has 1 atom stereocenters. The first-order valence-electron chi connectivity index (χ1n) is 7.05. The molecule has 1 saturated carbocycles. The maximum atomic E-state index is 12.0. The quantitative estimate of drug-likeness (QED) is 0.662. The fraction of sp³-hybridized carbons (Fsp3) is 0.786. The predicted octanol–water partition coefficient (Wildman–Crippen LogP) is 0.680. The van der Waals surface area contributed by atoms with Gasteiger partial charge in [0.2, 0.25) is 5.91 Å². The number of likely N-dealkylation sites (N-methyl/N-ethyl adjacent to an activating group) is 1. The second-order valence-corrected chi connectivity index (χ2v) is 5.24. The van der Waals surface area contributed by atoms with E-state index in [0.29, 0.717) is 13.2 Å². The van der Waals surface area contributed by atoms with Crippen molar-refractivity contribution in [2.45, 2.75) is 39.2 Å². The van der Waals surface area contributed by atoms with Crippen LogP contribution in [0, 0.1) is 17.2 Å². The molecule has 0 bridgehead atoms. The van der Waals surface area contributed by atoms with Gasteiger partial charge in [0.15, 0.2) is 0 Å². The molecule has 0 spiro atoms. The van der Waals surface area contributed by atoms with Gasteiger partial charge in [-0.15, -0.1) is 0 Å². The number of amides is 1. The topological polar surface area (TPSA) is 82.4 Å². The van der Waals surface area contributed by atoms with Crippen LogP contribution in [-0.2, 0) is 14.3 Å². The van der Waals surface area contributed by atoms with E-state index in [1.54, 1.807) is 18.7 Å². The van der Waals surface area contributed by atoms with Gasteiger partial charge in [0.05, 0.1) is 25.8 Å². The minimum absolute atomic E-state index is 0.0878. The van der Waals surface area contributed by atoms with E-state index in [1.807, 2.05) is 6.92 Å². The number of rotatable bonds is 8. The van der Waals surface area contributed by atoms with Crippen molar-refractivity contribution >= 4 is 11.9 Å². The van der Waals surface area contributed by atoms with E-state index in [9.17, 15) is 14.9 Å². The van der Waals surface area contributed by atoms with E-state index in [4.69, 9.17) is 4.74 Å². The molecular weight excluding hydrogens is 258 g/mol. The van der Waals surface area contributed by atoms with Gasteiger partial charge in [-0.1, -0.05) is 6.92 Å². The number of hydrogen-bond acceptors (Lipinski definition) is 5. The number of nitrogens with one attached hydrogen (secondary N) is 1. The molecule has 1 rings (SSSR count). The van der Waals surface area contributed by atoms with Crippen LogP contribution in [0.25, 0.3) is 0 Å². The largest absolute Gasteiger partial charge is 0.465 e.